The van der Waals surface area contributed by atoms with E-state index in [1.54, 1.807) is 7.11 Å². The maximum Gasteiger partial charge on any atom is 0.258 e. The molecule has 0 spiro atoms. The number of ether oxygens (including phenoxy) is 2. The van der Waals surface area contributed by atoms with Crippen LogP contribution in [0.2, 0.25) is 0 Å². The van der Waals surface area contributed by atoms with Crippen LogP contribution in [0.3, 0.4) is 0 Å². The molecule has 1 fully saturated rings. The summed E-state index contributed by atoms with van der Waals surface area (Å²) in [5.41, 5.74) is 0.852. The van der Waals surface area contributed by atoms with Gasteiger partial charge in [0, 0.05) is 32.3 Å². The number of rotatable bonds is 6. The Labute approximate surface area is 147 Å². The van der Waals surface area contributed by atoms with Gasteiger partial charge in [-0.05, 0) is 25.2 Å². The van der Waals surface area contributed by atoms with Crippen LogP contribution in [0.4, 0.5) is 0 Å². The van der Waals surface area contributed by atoms with E-state index in [9.17, 15) is 0 Å². The van der Waals surface area contributed by atoms with E-state index >= 15 is 0 Å². The first-order valence-electron chi connectivity index (χ1n) is 7.74. The van der Waals surface area contributed by atoms with Gasteiger partial charge in [-0.15, -0.1) is 12.4 Å². The van der Waals surface area contributed by atoms with Crippen LogP contribution in [0.15, 0.2) is 28.8 Å². The van der Waals surface area contributed by atoms with Crippen LogP contribution in [0, 0.1) is 0 Å². The molecule has 1 aromatic carbocycles. The van der Waals surface area contributed by atoms with E-state index in [-0.39, 0.29) is 18.4 Å². The Hall–Kier alpha value is -1.67. The van der Waals surface area contributed by atoms with Crippen LogP contribution in [0.25, 0.3) is 11.5 Å². The molecule has 1 saturated heterocycles. The third-order valence-electron chi connectivity index (χ3n) is 3.89. The predicted molar refractivity (Wildman–Crippen MR) is 92.6 cm³/mol. The Morgan fingerprint density at radius 2 is 2.25 bits per heavy atom. The van der Waals surface area contributed by atoms with Gasteiger partial charge in [0.1, 0.15) is 12.4 Å². The fraction of sp³-hybridized carbons (Fsp3) is 0.500. The highest BCUT2D eigenvalue weighted by atomic mass is 35.5. The van der Waals surface area contributed by atoms with Gasteiger partial charge in [-0.3, -0.25) is 4.90 Å². The second-order valence-corrected chi connectivity index (χ2v) is 5.53. The molecular weight excluding hydrogens is 332 g/mol. The molecule has 1 atom stereocenters. The summed E-state index contributed by atoms with van der Waals surface area (Å²) in [5.74, 6) is 1.98. The summed E-state index contributed by atoms with van der Waals surface area (Å²) < 4.78 is 16.0. The van der Waals surface area contributed by atoms with Gasteiger partial charge in [0.2, 0.25) is 0 Å². The van der Waals surface area contributed by atoms with Crippen molar-refractivity contribution in [3.63, 3.8) is 0 Å². The van der Waals surface area contributed by atoms with Gasteiger partial charge < -0.3 is 19.3 Å². The van der Waals surface area contributed by atoms with Gasteiger partial charge >= 0.3 is 0 Å². The number of hydrogen-bond acceptors (Lipinski definition) is 7. The molecule has 3 rings (SSSR count). The molecule has 1 aliphatic rings. The number of halogens is 1. The highest BCUT2D eigenvalue weighted by Gasteiger charge is 2.25. The second kappa shape index (κ2) is 8.98. The lowest BCUT2D eigenvalue weighted by molar-refractivity contribution is 0.146. The lowest BCUT2D eigenvalue weighted by Gasteiger charge is -2.30. The topological polar surface area (TPSA) is 72.7 Å². The fourth-order valence-corrected chi connectivity index (χ4v) is 2.54. The number of nitrogens with zero attached hydrogens (tertiary/aromatic N) is 3. The molecule has 0 bridgehead atoms. The monoisotopic (exact) mass is 354 g/mol. The first kappa shape index (κ1) is 18.7. The Kier molecular flexibility index (Phi) is 6.99. The van der Waals surface area contributed by atoms with E-state index in [4.69, 9.17) is 14.0 Å². The SMILES string of the molecule is COCCOc1cccc(-c2nc(C3CNCCN3C)no2)c1.Cl. The molecule has 1 aromatic heterocycles. The molecule has 2 aromatic rings. The number of likely N-dealkylation sites (N-methyl/N-ethyl adjacent to an activating group) is 1. The van der Waals surface area contributed by atoms with Crippen molar-refractivity contribution in [2.75, 3.05) is 47.0 Å². The van der Waals surface area contributed by atoms with E-state index in [0.717, 1.165) is 30.9 Å². The van der Waals surface area contributed by atoms with E-state index < -0.39 is 0 Å². The van der Waals surface area contributed by atoms with Crippen molar-refractivity contribution in [3.8, 4) is 17.2 Å². The normalized spacial score (nSPS) is 18.2. The Morgan fingerprint density at radius 3 is 3.04 bits per heavy atom. The van der Waals surface area contributed by atoms with E-state index in [2.05, 4.69) is 27.4 Å². The van der Waals surface area contributed by atoms with Crippen LogP contribution < -0.4 is 10.1 Å². The summed E-state index contributed by atoms with van der Waals surface area (Å²) >= 11 is 0. The summed E-state index contributed by atoms with van der Waals surface area (Å²) in [5, 5.41) is 7.50. The van der Waals surface area contributed by atoms with Crippen LogP contribution in [0.5, 0.6) is 5.75 Å². The second-order valence-electron chi connectivity index (χ2n) is 5.53. The zero-order chi connectivity index (χ0) is 16.1. The first-order valence-corrected chi connectivity index (χ1v) is 7.74. The van der Waals surface area contributed by atoms with Crippen molar-refractivity contribution in [2.24, 2.45) is 0 Å². The summed E-state index contributed by atoms with van der Waals surface area (Å²) in [4.78, 5) is 6.78. The van der Waals surface area contributed by atoms with E-state index in [1.165, 1.54) is 0 Å². The molecule has 7 nitrogen and oxygen atoms in total. The smallest absolute Gasteiger partial charge is 0.258 e. The van der Waals surface area contributed by atoms with Crippen molar-refractivity contribution in [3.05, 3.63) is 30.1 Å². The Balaban J connectivity index is 0.00000208. The molecule has 0 aliphatic carbocycles. The number of benzene rings is 1. The van der Waals surface area contributed by atoms with Gasteiger partial charge in [0.25, 0.3) is 5.89 Å². The first-order chi connectivity index (χ1) is 11.3. The number of piperazine rings is 1. The van der Waals surface area contributed by atoms with Crippen molar-refractivity contribution >= 4 is 12.4 Å². The predicted octanol–water partition coefficient (Wildman–Crippen LogP) is 1.76. The van der Waals surface area contributed by atoms with Gasteiger partial charge in [-0.2, -0.15) is 4.98 Å². The van der Waals surface area contributed by atoms with Crippen molar-refractivity contribution in [1.82, 2.24) is 20.4 Å². The minimum absolute atomic E-state index is 0. The summed E-state index contributed by atoms with van der Waals surface area (Å²) in [6, 6.07) is 7.78. The average molecular weight is 355 g/mol. The van der Waals surface area contributed by atoms with E-state index in [0.29, 0.717) is 24.9 Å². The molecule has 0 saturated carbocycles. The molecule has 132 valence electrons. The molecule has 2 heterocycles. The summed E-state index contributed by atoms with van der Waals surface area (Å²) in [6.45, 7) is 3.84. The Bertz CT molecular complexity index is 637. The zero-order valence-corrected chi connectivity index (χ0v) is 14.7. The van der Waals surface area contributed by atoms with Gasteiger partial charge in [0.15, 0.2) is 5.82 Å². The van der Waals surface area contributed by atoms with Crippen LogP contribution >= 0.6 is 12.4 Å². The minimum Gasteiger partial charge on any atom is -0.491 e. The van der Waals surface area contributed by atoms with Crippen LogP contribution in [-0.4, -0.2) is 62.0 Å². The number of hydrogen-bond donors (Lipinski definition) is 1. The Morgan fingerprint density at radius 1 is 1.38 bits per heavy atom. The highest BCUT2D eigenvalue weighted by molar-refractivity contribution is 5.85. The summed E-state index contributed by atoms with van der Waals surface area (Å²) in [6.07, 6.45) is 0. The molecule has 1 unspecified atom stereocenters. The lowest BCUT2D eigenvalue weighted by Crippen LogP contribution is -2.44. The van der Waals surface area contributed by atoms with Gasteiger partial charge in [-0.25, -0.2) is 0 Å². The van der Waals surface area contributed by atoms with Gasteiger partial charge in [-0.1, -0.05) is 11.2 Å². The molecular formula is C16H23ClN4O3. The molecule has 24 heavy (non-hydrogen) atoms. The molecule has 0 radical (unpaired) electrons. The highest BCUT2D eigenvalue weighted by Crippen LogP contribution is 2.25. The van der Waals surface area contributed by atoms with E-state index in [1.807, 2.05) is 24.3 Å². The standard InChI is InChI=1S/C16H22N4O3.ClH/c1-20-7-6-17-11-14(20)15-18-16(23-19-15)12-4-3-5-13(10-12)22-9-8-21-2;/h3-5,10,14,17H,6-9,11H2,1-2H3;1H. The number of nitrogens with one attached hydrogen (secondary N) is 1. The van der Waals surface area contributed by atoms with Gasteiger partial charge in [0.05, 0.1) is 12.6 Å². The quantitative estimate of drug-likeness (QED) is 0.792. The zero-order valence-electron chi connectivity index (χ0n) is 13.9. The van der Waals surface area contributed by atoms with Crippen molar-refractivity contribution in [2.45, 2.75) is 6.04 Å². The van der Waals surface area contributed by atoms with Crippen molar-refractivity contribution < 1.29 is 14.0 Å². The van der Waals surface area contributed by atoms with Crippen molar-refractivity contribution in [1.29, 1.82) is 0 Å². The van der Waals surface area contributed by atoms with Crippen LogP contribution in [0.1, 0.15) is 11.9 Å². The molecule has 0 amide bonds. The van der Waals surface area contributed by atoms with Crippen LogP contribution in [-0.2, 0) is 4.74 Å². The average Bonchev–Trinajstić information content (AvgIpc) is 3.06. The maximum absolute atomic E-state index is 5.62. The molecule has 8 heteroatoms. The largest absolute Gasteiger partial charge is 0.491 e. The number of aromatic nitrogens is 2. The third-order valence-corrected chi connectivity index (χ3v) is 3.89. The number of methoxy groups -OCH3 is 1. The third kappa shape index (κ3) is 4.45. The molecule has 1 aliphatic heterocycles. The minimum atomic E-state index is 0. The lowest BCUT2D eigenvalue weighted by atomic mass is 10.2. The maximum atomic E-state index is 5.62. The fourth-order valence-electron chi connectivity index (χ4n) is 2.54. The summed E-state index contributed by atoms with van der Waals surface area (Å²) in [7, 11) is 3.72. The molecule has 1 N–H and O–H groups in total.